The molecule has 0 amide bonds. The maximum atomic E-state index is 11.2. The third-order valence-electron chi connectivity index (χ3n) is 4.12. The van der Waals surface area contributed by atoms with E-state index in [-0.39, 0.29) is 11.1 Å². The van der Waals surface area contributed by atoms with Gasteiger partial charge >= 0.3 is 0 Å². The maximum absolute atomic E-state index is 11.2. The molecule has 1 heterocycles. The summed E-state index contributed by atoms with van der Waals surface area (Å²) < 4.78 is 0. The average Bonchev–Trinajstić information content (AvgIpc) is 2.34. The molecule has 1 aliphatic rings. The molecule has 0 saturated carbocycles. The Morgan fingerprint density at radius 2 is 1.55 bits per heavy atom. The lowest BCUT2D eigenvalue weighted by atomic mass is 9.69. The van der Waals surface area contributed by atoms with Gasteiger partial charge in [-0.15, -0.1) is 0 Å². The van der Waals surface area contributed by atoms with Crippen molar-refractivity contribution in [2.24, 2.45) is 0 Å². The van der Waals surface area contributed by atoms with Gasteiger partial charge in [0.1, 0.15) is 0 Å². The van der Waals surface area contributed by atoms with Crippen molar-refractivity contribution in [3.63, 3.8) is 0 Å². The first-order valence-electron chi connectivity index (χ1n) is 7.42. The van der Waals surface area contributed by atoms with Crippen LogP contribution in [0.2, 0.25) is 0 Å². The van der Waals surface area contributed by atoms with Crippen LogP contribution in [0.3, 0.4) is 0 Å². The number of benzene rings is 1. The van der Waals surface area contributed by atoms with E-state index in [0.717, 1.165) is 5.56 Å². The van der Waals surface area contributed by atoms with Gasteiger partial charge in [0, 0.05) is 23.9 Å². The van der Waals surface area contributed by atoms with Gasteiger partial charge in [0.05, 0.1) is 12.2 Å². The first kappa shape index (κ1) is 15.5. The van der Waals surface area contributed by atoms with E-state index in [1.807, 2.05) is 37.3 Å². The number of nitrogens with zero attached hydrogens (tertiary/aromatic N) is 1. The van der Waals surface area contributed by atoms with Gasteiger partial charge in [-0.1, -0.05) is 30.3 Å². The normalized spacial score (nSPS) is 24.5. The Morgan fingerprint density at radius 1 is 1.05 bits per heavy atom. The van der Waals surface area contributed by atoms with E-state index >= 15 is 0 Å². The molecule has 1 fully saturated rings. The van der Waals surface area contributed by atoms with E-state index in [1.54, 1.807) is 0 Å². The van der Waals surface area contributed by atoms with Gasteiger partial charge in [-0.25, -0.2) is 0 Å². The van der Waals surface area contributed by atoms with Crippen molar-refractivity contribution in [3.8, 4) is 0 Å². The number of hydroxylamine groups is 2. The highest BCUT2D eigenvalue weighted by Gasteiger charge is 2.53. The van der Waals surface area contributed by atoms with Gasteiger partial charge in [-0.3, -0.25) is 4.84 Å². The fraction of sp³-hybridized carbons (Fsp3) is 0.647. The zero-order valence-electron chi connectivity index (χ0n) is 13.3. The molecule has 1 aliphatic heterocycles. The molecule has 1 N–H and O–H groups in total. The SMILES string of the molecule is CCON1C(C)(C)CC(O)(c2ccccc2)CC1(C)C. The lowest BCUT2D eigenvalue weighted by Crippen LogP contribution is -2.64. The first-order chi connectivity index (χ1) is 9.21. The molecule has 1 aromatic rings. The highest BCUT2D eigenvalue weighted by Crippen LogP contribution is 2.48. The smallest absolute Gasteiger partial charge is 0.0933 e. The van der Waals surface area contributed by atoms with Crippen LogP contribution in [-0.4, -0.2) is 27.9 Å². The Bertz CT molecular complexity index is 435. The summed E-state index contributed by atoms with van der Waals surface area (Å²) in [5.41, 5.74) is -0.246. The second-order valence-corrected chi connectivity index (χ2v) is 7.09. The lowest BCUT2D eigenvalue weighted by molar-refractivity contribution is -0.305. The highest BCUT2D eigenvalue weighted by molar-refractivity contribution is 5.25. The van der Waals surface area contributed by atoms with Crippen molar-refractivity contribution in [2.75, 3.05) is 6.61 Å². The topological polar surface area (TPSA) is 32.7 Å². The van der Waals surface area contributed by atoms with Crippen LogP contribution in [0.15, 0.2) is 30.3 Å². The fourth-order valence-electron chi connectivity index (χ4n) is 3.89. The average molecular weight is 277 g/mol. The Kier molecular flexibility index (Phi) is 3.98. The zero-order valence-corrected chi connectivity index (χ0v) is 13.3. The van der Waals surface area contributed by atoms with E-state index < -0.39 is 5.60 Å². The Morgan fingerprint density at radius 3 is 2.00 bits per heavy atom. The van der Waals surface area contributed by atoms with Crippen LogP contribution in [0.5, 0.6) is 0 Å². The van der Waals surface area contributed by atoms with Crippen LogP contribution >= 0.6 is 0 Å². The molecule has 20 heavy (non-hydrogen) atoms. The van der Waals surface area contributed by atoms with Crippen LogP contribution in [0.4, 0.5) is 0 Å². The van der Waals surface area contributed by atoms with Crippen LogP contribution in [0, 0.1) is 0 Å². The minimum Gasteiger partial charge on any atom is -0.385 e. The number of rotatable bonds is 3. The monoisotopic (exact) mass is 277 g/mol. The van der Waals surface area contributed by atoms with Crippen LogP contribution in [0.25, 0.3) is 0 Å². The molecular weight excluding hydrogens is 250 g/mol. The van der Waals surface area contributed by atoms with Gasteiger partial charge in [0.15, 0.2) is 0 Å². The third kappa shape index (κ3) is 2.76. The molecule has 3 heteroatoms. The molecule has 112 valence electrons. The summed E-state index contributed by atoms with van der Waals surface area (Å²) in [6.45, 7) is 11.2. The van der Waals surface area contributed by atoms with Crippen molar-refractivity contribution in [3.05, 3.63) is 35.9 Å². The minimum absolute atomic E-state index is 0.220. The van der Waals surface area contributed by atoms with Crippen molar-refractivity contribution in [1.29, 1.82) is 0 Å². The van der Waals surface area contributed by atoms with Gasteiger partial charge in [-0.2, -0.15) is 5.06 Å². The van der Waals surface area contributed by atoms with E-state index in [1.165, 1.54) is 0 Å². The molecule has 0 aliphatic carbocycles. The summed E-state index contributed by atoms with van der Waals surface area (Å²) in [5.74, 6) is 0. The minimum atomic E-state index is -0.804. The summed E-state index contributed by atoms with van der Waals surface area (Å²) >= 11 is 0. The summed E-state index contributed by atoms with van der Waals surface area (Å²) in [6, 6.07) is 9.99. The predicted octanol–water partition coefficient (Wildman–Crippen LogP) is 3.48. The van der Waals surface area contributed by atoms with E-state index in [0.29, 0.717) is 19.4 Å². The quantitative estimate of drug-likeness (QED) is 0.918. The van der Waals surface area contributed by atoms with E-state index in [9.17, 15) is 5.11 Å². The third-order valence-corrected chi connectivity index (χ3v) is 4.12. The maximum Gasteiger partial charge on any atom is 0.0933 e. The molecular formula is C17H27NO2. The summed E-state index contributed by atoms with van der Waals surface area (Å²) in [7, 11) is 0. The molecule has 1 aromatic carbocycles. The van der Waals surface area contributed by atoms with Gasteiger partial charge in [0.2, 0.25) is 0 Å². The molecule has 3 nitrogen and oxygen atoms in total. The number of hydrogen-bond acceptors (Lipinski definition) is 3. The van der Waals surface area contributed by atoms with Crippen molar-refractivity contribution in [2.45, 2.75) is 64.1 Å². The van der Waals surface area contributed by atoms with Crippen LogP contribution in [0.1, 0.15) is 53.0 Å². The van der Waals surface area contributed by atoms with Crippen LogP contribution < -0.4 is 0 Å². The van der Waals surface area contributed by atoms with Crippen molar-refractivity contribution in [1.82, 2.24) is 5.06 Å². The van der Waals surface area contributed by atoms with Crippen LogP contribution in [-0.2, 0) is 10.4 Å². The Balaban J connectivity index is 2.38. The highest BCUT2D eigenvalue weighted by atomic mass is 16.7. The second-order valence-electron chi connectivity index (χ2n) is 7.09. The van der Waals surface area contributed by atoms with Gasteiger partial charge in [0.25, 0.3) is 0 Å². The molecule has 1 saturated heterocycles. The molecule has 0 unspecified atom stereocenters. The van der Waals surface area contributed by atoms with E-state index in [2.05, 4.69) is 32.8 Å². The largest absolute Gasteiger partial charge is 0.385 e. The first-order valence-corrected chi connectivity index (χ1v) is 7.42. The summed E-state index contributed by atoms with van der Waals surface area (Å²) in [6.07, 6.45) is 1.32. The Labute approximate surface area is 122 Å². The molecule has 0 radical (unpaired) electrons. The van der Waals surface area contributed by atoms with E-state index in [4.69, 9.17) is 4.84 Å². The summed E-state index contributed by atoms with van der Waals surface area (Å²) in [5, 5.41) is 13.3. The van der Waals surface area contributed by atoms with Crippen molar-refractivity contribution >= 4 is 0 Å². The molecule has 0 aromatic heterocycles. The Hall–Kier alpha value is -0.900. The standard InChI is InChI=1S/C17H27NO2/c1-6-20-18-15(2,3)12-17(19,13-16(18,4)5)14-10-8-7-9-11-14/h7-11,19H,6,12-13H2,1-5H3. The molecule has 2 rings (SSSR count). The predicted molar refractivity (Wildman–Crippen MR) is 81.2 cm³/mol. The molecule has 0 atom stereocenters. The molecule has 0 spiro atoms. The zero-order chi connectivity index (χ0) is 15.0. The van der Waals surface area contributed by atoms with Crippen molar-refractivity contribution < 1.29 is 9.94 Å². The number of hydrogen-bond donors (Lipinski definition) is 1. The molecule has 0 bridgehead atoms. The van der Waals surface area contributed by atoms with Gasteiger partial charge in [-0.05, 0) is 40.2 Å². The fourth-order valence-corrected chi connectivity index (χ4v) is 3.89. The van der Waals surface area contributed by atoms with Gasteiger partial charge < -0.3 is 5.11 Å². The number of piperidine rings is 1. The lowest BCUT2D eigenvalue weighted by Gasteiger charge is -2.56. The summed E-state index contributed by atoms with van der Waals surface area (Å²) in [4.78, 5) is 5.86. The second kappa shape index (κ2) is 5.14. The number of aliphatic hydroxyl groups is 1.